The van der Waals surface area contributed by atoms with E-state index in [1.54, 1.807) is 7.11 Å². The van der Waals surface area contributed by atoms with Crippen molar-refractivity contribution in [2.45, 2.75) is 31.8 Å². The van der Waals surface area contributed by atoms with E-state index in [-0.39, 0.29) is 12.7 Å². The highest BCUT2D eigenvalue weighted by atomic mass is 16.7. The predicted octanol–water partition coefficient (Wildman–Crippen LogP) is 3.95. The summed E-state index contributed by atoms with van der Waals surface area (Å²) < 4.78 is 16.1. The fourth-order valence-corrected chi connectivity index (χ4v) is 5.09. The second-order valence-corrected chi connectivity index (χ2v) is 8.80. The van der Waals surface area contributed by atoms with Crippen molar-refractivity contribution in [1.29, 1.82) is 0 Å². The van der Waals surface area contributed by atoms with Gasteiger partial charge in [-0.1, -0.05) is 30.4 Å². The molecule has 2 atom stereocenters. The normalized spacial score (nSPS) is 22.9. The Labute approximate surface area is 189 Å². The maximum atomic E-state index is 12.8. The van der Waals surface area contributed by atoms with E-state index >= 15 is 0 Å². The number of rotatable bonds is 6. The van der Waals surface area contributed by atoms with Crippen LogP contribution in [0.3, 0.4) is 0 Å². The zero-order chi connectivity index (χ0) is 21.9. The number of ether oxygens (including phenoxy) is 3. The standard InChI is InChI=1S/C26H30N2O4/c1-30-22-8-4-19(5-9-22)3-2-13-27-14-12-23-21(17-27)7-11-26(29)28(23)16-20-6-10-24-25(15-20)32-18-31-24/h2-6,8-10,15,21,23H,7,11-14,16-18H2,1H3/b3-2+/t21-,23+/m0/s1. The molecule has 2 saturated heterocycles. The van der Waals surface area contributed by atoms with Gasteiger partial charge in [-0.3, -0.25) is 9.69 Å². The third-order valence-electron chi connectivity index (χ3n) is 6.81. The van der Waals surface area contributed by atoms with Crippen LogP contribution in [0, 0.1) is 5.92 Å². The van der Waals surface area contributed by atoms with Gasteiger partial charge in [-0.05, 0) is 54.2 Å². The highest BCUT2D eigenvalue weighted by Gasteiger charge is 2.39. The number of methoxy groups -OCH3 is 1. The maximum Gasteiger partial charge on any atom is 0.231 e. The minimum atomic E-state index is 0.273. The van der Waals surface area contributed by atoms with Gasteiger partial charge < -0.3 is 19.1 Å². The molecule has 168 valence electrons. The number of hydrogen-bond acceptors (Lipinski definition) is 5. The number of hydrogen-bond donors (Lipinski definition) is 0. The Morgan fingerprint density at radius 1 is 1.09 bits per heavy atom. The molecule has 3 aliphatic rings. The second-order valence-electron chi connectivity index (χ2n) is 8.80. The minimum Gasteiger partial charge on any atom is -0.497 e. The summed E-state index contributed by atoms with van der Waals surface area (Å²) in [6, 6.07) is 14.4. The first kappa shape index (κ1) is 20.9. The van der Waals surface area contributed by atoms with Gasteiger partial charge in [-0.25, -0.2) is 0 Å². The molecule has 0 unspecified atom stereocenters. The molecule has 32 heavy (non-hydrogen) atoms. The van der Waals surface area contributed by atoms with E-state index in [1.807, 2.05) is 30.3 Å². The van der Waals surface area contributed by atoms with Crippen LogP contribution in [0.4, 0.5) is 0 Å². The maximum absolute atomic E-state index is 12.8. The molecule has 5 rings (SSSR count). The number of likely N-dealkylation sites (tertiary alicyclic amines) is 2. The van der Waals surface area contributed by atoms with Gasteiger partial charge in [0.05, 0.1) is 7.11 Å². The summed E-state index contributed by atoms with van der Waals surface area (Å²) in [6.45, 7) is 3.91. The Hall–Kier alpha value is -2.99. The molecule has 2 fully saturated rings. The SMILES string of the molecule is COc1ccc(/C=C/CN2CC[C@@H]3[C@@H](CCC(=O)N3Cc3ccc4c(c3)OCO4)C2)cc1. The zero-order valence-corrected chi connectivity index (χ0v) is 18.5. The Bertz CT molecular complexity index is 988. The van der Waals surface area contributed by atoms with Gasteiger partial charge in [0.1, 0.15) is 5.75 Å². The molecule has 2 aromatic rings. The second kappa shape index (κ2) is 9.25. The molecule has 0 radical (unpaired) electrons. The smallest absolute Gasteiger partial charge is 0.231 e. The van der Waals surface area contributed by atoms with Crippen molar-refractivity contribution < 1.29 is 19.0 Å². The first-order chi connectivity index (χ1) is 15.7. The van der Waals surface area contributed by atoms with Gasteiger partial charge in [0, 0.05) is 38.6 Å². The van der Waals surface area contributed by atoms with Gasteiger partial charge >= 0.3 is 0 Å². The molecule has 6 nitrogen and oxygen atoms in total. The summed E-state index contributed by atoms with van der Waals surface area (Å²) in [5.74, 6) is 3.25. The summed E-state index contributed by atoms with van der Waals surface area (Å²) >= 11 is 0. The highest BCUT2D eigenvalue weighted by molar-refractivity contribution is 5.77. The summed E-state index contributed by atoms with van der Waals surface area (Å²) in [4.78, 5) is 17.4. The molecule has 1 amide bonds. The topological polar surface area (TPSA) is 51.2 Å². The number of carbonyl (C=O) groups is 1. The van der Waals surface area contributed by atoms with E-state index in [9.17, 15) is 4.79 Å². The van der Waals surface area contributed by atoms with Gasteiger partial charge in [0.25, 0.3) is 0 Å². The van der Waals surface area contributed by atoms with Crippen LogP contribution < -0.4 is 14.2 Å². The molecule has 3 aliphatic heterocycles. The lowest BCUT2D eigenvalue weighted by atomic mass is 9.83. The van der Waals surface area contributed by atoms with Gasteiger partial charge in [-0.2, -0.15) is 0 Å². The summed E-state index contributed by atoms with van der Waals surface area (Å²) in [5, 5.41) is 0. The van der Waals surface area contributed by atoms with E-state index < -0.39 is 0 Å². The lowest BCUT2D eigenvalue weighted by Crippen LogP contribution is -2.55. The number of carbonyl (C=O) groups excluding carboxylic acids is 1. The van der Waals surface area contributed by atoms with E-state index in [4.69, 9.17) is 14.2 Å². The summed E-state index contributed by atoms with van der Waals surface area (Å²) in [7, 11) is 1.68. The van der Waals surface area contributed by atoms with Crippen LogP contribution in [0.1, 0.15) is 30.4 Å². The van der Waals surface area contributed by atoms with Gasteiger partial charge in [0.15, 0.2) is 11.5 Å². The molecule has 6 heteroatoms. The van der Waals surface area contributed by atoms with Crippen LogP contribution in [0.25, 0.3) is 6.08 Å². The lowest BCUT2D eigenvalue weighted by Gasteiger charge is -2.47. The average Bonchev–Trinajstić information content (AvgIpc) is 3.29. The van der Waals surface area contributed by atoms with Crippen molar-refractivity contribution in [2.75, 3.05) is 33.5 Å². The third-order valence-corrected chi connectivity index (χ3v) is 6.81. The number of fused-ring (bicyclic) bond motifs is 2. The van der Waals surface area contributed by atoms with Crippen molar-refractivity contribution in [2.24, 2.45) is 5.92 Å². The van der Waals surface area contributed by atoms with Crippen LogP contribution in [0.15, 0.2) is 48.5 Å². The fraction of sp³-hybridized carbons (Fsp3) is 0.423. The molecule has 0 saturated carbocycles. The molecule has 0 aliphatic carbocycles. The van der Waals surface area contributed by atoms with Crippen molar-refractivity contribution >= 4 is 12.0 Å². The fourth-order valence-electron chi connectivity index (χ4n) is 5.09. The monoisotopic (exact) mass is 434 g/mol. The lowest BCUT2D eigenvalue weighted by molar-refractivity contribution is -0.141. The molecule has 0 aromatic heterocycles. The Morgan fingerprint density at radius 2 is 1.94 bits per heavy atom. The van der Waals surface area contributed by atoms with Crippen LogP contribution in [0.5, 0.6) is 17.2 Å². The van der Waals surface area contributed by atoms with Crippen LogP contribution >= 0.6 is 0 Å². The van der Waals surface area contributed by atoms with Crippen LogP contribution in [-0.2, 0) is 11.3 Å². The van der Waals surface area contributed by atoms with Crippen molar-refractivity contribution in [1.82, 2.24) is 9.80 Å². The van der Waals surface area contributed by atoms with Crippen molar-refractivity contribution in [3.63, 3.8) is 0 Å². The molecule has 3 heterocycles. The number of amides is 1. The van der Waals surface area contributed by atoms with Gasteiger partial charge in [-0.15, -0.1) is 0 Å². The van der Waals surface area contributed by atoms with Gasteiger partial charge in [0.2, 0.25) is 12.7 Å². The third kappa shape index (κ3) is 4.46. The molecular formula is C26H30N2O4. The summed E-state index contributed by atoms with van der Waals surface area (Å²) in [5.41, 5.74) is 2.28. The van der Waals surface area contributed by atoms with E-state index in [2.05, 4.69) is 34.1 Å². The number of nitrogens with zero attached hydrogens (tertiary/aromatic N) is 2. The van der Waals surface area contributed by atoms with Crippen molar-refractivity contribution in [3.8, 4) is 17.2 Å². The quantitative estimate of drug-likeness (QED) is 0.689. The molecular weight excluding hydrogens is 404 g/mol. The van der Waals surface area contributed by atoms with E-state index in [0.717, 1.165) is 55.3 Å². The minimum absolute atomic E-state index is 0.273. The summed E-state index contributed by atoms with van der Waals surface area (Å²) in [6.07, 6.45) is 7.06. The van der Waals surface area contributed by atoms with E-state index in [0.29, 0.717) is 24.9 Å². The van der Waals surface area contributed by atoms with Crippen LogP contribution in [0.2, 0.25) is 0 Å². The first-order valence-corrected chi connectivity index (χ1v) is 11.4. The zero-order valence-electron chi connectivity index (χ0n) is 18.5. The average molecular weight is 435 g/mol. The number of piperidine rings is 2. The molecule has 0 spiro atoms. The molecule has 0 bridgehead atoms. The Balaban J connectivity index is 1.19. The number of benzene rings is 2. The molecule has 0 N–H and O–H groups in total. The van der Waals surface area contributed by atoms with Crippen molar-refractivity contribution in [3.05, 3.63) is 59.7 Å². The van der Waals surface area contributed by atoms with E-state index in [1.165, 1.54) is 5.56 Å². The highest BCUT2D eigenvalue weighted by Crippen LogP contribution is 2.35. The molecule has 2 aromatic carbocycles. The first-order valence-electron chi connectivity index (χ1n) is 11.4. The Kier molecular flexibility index (Phi) is 6.04. The van der Waals surface area contributed by atoms with Crippen LogP contribution in [-0.4, -0.2) is 55.3 Å². The predicted molar refractivity (Wildman–Crippen MR) is 123 cm³/mol. The largest absolute Gasteiger partial charge is 0.497 e. The Morgan fingerprint density at radius 3 is 2.78 bits per heavy atom.